The SMILES string of the molecule is CC(CC(F)(F)F)Nc1ccc2nnc(C(F)(F)F)n2n1. The van der Waals surface area contributed by atoms with Gasteiger partial charge in [0.25, 0.3) is 5.82 Å². The van der Waals surface area contributed by atoms with Crippen LogP contribution in [0.5, 0.6) is 0 Å². The third kappa shape index (κ3) is 3.73. The lowest BCUT2D eigenvalue weighted by molar-refractivity contribution is -0.146. The van der Waals surface area contributed by atoms with E-state index in [9.17, 15) is 26.3 Å². The Labute approximate surface area is 114 Å². The molecule has 0 aliphatic carbocycles. The highest BCUT2D eigenvalue weighted by molar-refractivity contribution is 5.44. The van der Waals surface area contributed by atoms with Crippen molar-refractivity contribution in [2.45, 2.75) is 31.7 Å². The lowest BCUT2D eigenvalue weighted by atomic mass is 10.2. The fourth-order valence-electron chi connectivity index (χ4n) is 1.69. The van der Waals surface area contributed by atoms with Gasteiger partial charge in [-0.3, -0.25) is 0 Å². The summed E-state index contributed by atoms with van der Waals surface area (Å²) >= 11 is 0. The lowest BCUT2D eigenvalue weighted by Crippen LogP contribution is -2.24. The van der Waals surface area contributed by atoms with Crippen LogP contribution < -0.4 is 5.32 Å². The van der Waals surface area contributed by atoms with Crippen LogP contribution in [0.15, 0.2) is 12.1 Å². The molecule has 0 aliphatic rings. The van der Waals surface area contributed by atoms with Crippen molar-refractivity contribution in [3.8, 4) is 0 Å². The Morgan fingerprint density at radius 1 is 1.14 bits per heavy atom. The fraction of sp³-hybridized carbons (Fsp3) is 0.500. The molecule has 1 unspecified atom stereocenters. The van der Waals surface area contributed by atoms with E-state index in [1.165, 1.54) is 19.1 Å². The van der Waals surface area contributed by atoms with Crippen molar-refractivity contribution in [3.63, 3.8) is 0 Å². The van der Waals surface area contributed by atoms with Crippen LogP contribution in [-0.2, 0) is 6.18 Å². The van der Waals surface area contributed by atoms with Crippen molar-refractivity contribution >= 4 is 11.5 Å². The summed E-state index contributed by atoms with van der Waals surface area (Å²) in [6, 6.07) is 1.37. The number of nitrogens with one attached hydrogen (secondary N) is 1. The Kier molecular flexibility index (Phi) is 3.68. The average molecular weight is 313 g/mol. The first-order valence-electron chi connectivity index (χ1n) is 5.69. The molecule has 21 heavy (non-hydrogen) atoms. The predicted molar refractivity (Wildman–Crippen MR) is 59.5 cm³/mol. The first-order chi connectivity index (χ1) is 9.56. The molecule has 0 saturated heterocycles. The van der Waals surface area contributed by atoms with Gasteiger partial charge in [-0.25, -0.2) is 0 Å². The molecule has 2 aromatic heterocycles. The van der Waals surface area contributed by atoms with Crippen LogP contribution in [0.4, 0.5) is 32.2 Å². The normalized spacial score (nSPS) is 14.4. The molecule has 1 atom stereocenters. The van der Waals surface area contributed by atoms with Crippen molar-refractivity contribution < 1.29 is 26.3 Å². The van der Waals surface area contributed by atoms with Gasteiger partial charge in [0, 0.05) is 6.04 Å². The van der Waals surface area contributed by atoms with Crippen LogP contribution in [0.3, 0.4) is 0 Å². The number of rotatable bonds is 3. The first-order valence-corrected chi connectivity index (χ1v) is 5.69. The van der Waals surface area contributed by atoms with Crippen molar-refractivity contribution in [1.82, 2.24) is 19.8 Å². The molecular weight excluding hydrogens is 304 g/mol. The molecular formula is C10H9F6N5. The monoisotopic (exact) mass is 313 g/mol. The average Bonchev–Trinajstić information content (AvgIpc) is 2.68. The molecule has 0 amide bonds. The topological polar surface area (TPSA) is 55.1 Å². The summed E-state index contributed by atoms with van der Waals surface area (Å²) in [6.07, 6.45) is -10.3. The van der Waals surface area contributed by atoms with Gasteiger partial charge in [0.2, 0.25) is 0 Å². The van der Waals surface area contributed by atoms with E-state index in [4.69, 9.17) is 0 Å². The van der Waals surface area contributed by atoms with E-state index >= 15 is 0 Å². The molecule has 2 aromatic rings. The Bertz CT molecular complexity index is 631. The molecule has 0 radical (unpaired) electrons. The molecule has 5 nitrogen and oxygen atoms in total. The Morgan fingerprint density at radius 3 is 2.38 bits per heavy atom. The standard InChI is InChI=1S/C10H9F6N5/c1-5(4-9(11,12)13)17-6-2-3-7-18-19-8(10(14,15)16)21(7)20-6/h2-3,5H,4H2,1H3,(H,17,20). The third-order valence-corrected chi connectivity index (χ3v) is 2.45. The number of hydrogen-bond donors (Lipinski definition) is 1. The van der Waals surface area contributed by atoms with Crippen LogP contribution in [-0.4, -0.2) is 32.0 Å². The molecule has 2 rings (SSSR count). The van der Waals surface area contributed by atoms with Gasteiger partial charge in [0.1, 0.15) is 5.82 Å². The second-order valence-corrected chi connectivity index (χ2v) is 4.37. The molecule has 0 spiro atoms. The van der Waals surface area contributed by atoms with E-state index < -0.39 is 30.6 Å². The summed E-state index contributed by atoms with van der Waals surface area (Å²) in [5.74, 6) is -1.48. The Balaban J connectivity index is 2.26. The zero-order valence-corrected chi connectivity index (χ0v) is 10.5. The quantitative estimate of drug-likeness (QED) is 0.885. The number of hydrogen-bond acceptors (Lipinski definition) is 4. The van der Waals surface area contributed by atoms with Crippen LogP contribution >= 0.6 is 0 Å². The van der Waals surface area contributed by atoms with E-state index in [1.54, 1.807) is 0 Å². The molecule has 116 valence electrons. The van der Waals surface area contributed by atoms with Crippen molar-refractivity contribution in [1.29, 1.82) is 0 Å². The van der Waals surface area contributed by atoms with Crippen LogP contribution in [0.25, 0.3) is 5.65 Å². The highest BCUT2D eigenvalue weighted by Crippen LogP contribution is 2.28. The first kappa shape index (κ1) is 15.3. The maximum Gasteiger partial charge on any atom is 0.453 e. The van der Waals surface area contributed by atoms with E-state index in [-0.39, 0.29) is 11.5 Å². The van der Waals surface area contributed by atoms with Crippen LogP contribution in [0.1, 0.15) is 19.2 Å². The molecule has 0 aromatic carbocycles. The van der Waals surface area contributed by atoms with Gasteiger partial charge in [-0.05, 0) is 19.1 Å². The van der Waals surface area contributed by atoms with Crippen molar-refractivity contribution in [3.05, 3.63) is 18.0 Å². The lowest BCUT2D eigenvalue weighted by Gasteiger charge is -2.16. The number of fused-ring (bicyclic) bond motifs is 1. The second kappa shape index (κ2) is 5.04. The summed E-state index contributed by atoms with van der Waals surface area (Å²) in [7, 11) is 0. The van der Waals surface area contributed by atoms with Crippen molar-refractivity contribution in [2.24, 2.45) is 0 Å². The van der Waals surface area contributed by atoms with Gasteiger partial charge < -0.3 is 5.32 Å². The van der Waals surface area contributed by atoms with E-state index in [1.807, 2.05) is 0 Å². The number of anilines is 1. The Hall–Kier alpha value is -2.07. The van der Waals surface area contributed by atoms with Gasteiger partial charge in [-0.1, -0.05) is 0 Å². The number of nitrogens with zero attached hydrogens (tertiary/aromatic N) is 4. The highest BCUT2D eigenvalue weighted by atomic mass is 19.4. The molecule has 1 N–H and O–H groups in total. The smallest absolute Gasteiger partial charge is 0.366 e. The third-order valence-electron chi connectivity index (χ3n) is 2.45. The van der Waals surface area contributed by atoms with E-state index in [2.05, 4.69) is 20.6 Å². The van der Waals surface area contributed by atoms with Gasteiger partial charge in [0.05, 0.1) is 6.42 Å². The maximum absolute atomic E-state index is 12.6. The maximum atomic E-state index is 12.6. The summed E-state index contributed by atoms with van der Waals surface area (Å²) in [6.45, 7) is 1.25. The molecule has 2 heterocycles. The zero-order chi connectivity index (χ0) is 15.8. The summed E-state index contributed by atoms with van der Waals surface area (Å²) in [5, 5.41) is 12.2. The molecule has 0 aliphatic heterocycles. The van der Waals surface area contributed by atoms with Gasteiger partial charge in [-0.2, -0.15) is 30.9 Å². The largest absolute Gasteiger partial charge is 0.453 e. The zero-order valence-electron chi connectivity index (χ0n) is 10.5. The molecule has 0 bridgehead atoms. The highest BCUT2D eigenvalue weighted by Gasteiger charge is 2.37. The van der Waals surface area contributed by atoms with Crippen molar-refractivity contribution in [2.75, 3.05) is 5.32 Å². The summed E-state index contributed by atoms with van der Waals surface area (Å²) < 4.78 is 74.9. The van der Waals surface area contributed by atoms with Crippen LogP contribution in [0, 0.1) is 0 Å². The number of halogens is 6. The molecule has 0 fully saturated rings. The fourth-order valence-corrected chi connectivity index (χ4v) is 1.69. The Morgan fingerprint density at radius 2 is 1.81 bits per heavy atom. The summed E-state index contributed by atoms with van der Waals surface area (Å²) in [4.78, 5) is 0. The second-order valence-electron chi connectivity index (χ2n) is 4.37. The van der Waals surface area contributed by atoms with Gasteiger partial charge in [0.15, 0.2) is 5.65 Å². The minimum absolute atomic E-state index is 0.135. The molecule has 0 saturated carbocycles. The van der Waals surface area contributed by atoms with E-state index in [0.29, 0.717) is 4.52 Å². The van der Waals surface area contributed by atoms with Crippen LogP contribution in [0.2, 0.25) is 0 Å². The number of aromatic nitrogens is 4. The minimum Gasteiger partial charge on any atom is -0.366 e. The van der Waals surface area contributed by atoms with Gasteiger partial charge in [-0.15, -0.1) is 15.3 Å². The number of alkyl halides is 6. The van der Waals surface area contributed by atoms with E-state index in [0.717, 1.165) is 0 Å². The molecule has 11 heteroatoms. The minimum atomic E-state index is -4.76. The predicted octanol–water partition coefficient (Wildman–Crippen LogP) is 2.90. The van der Waals surface area contributed by atoms with Gasteiger partial charge >= 0.3 is 12.4 Å². The summed E-state index contributed by atoms with van der Waals surface area (Å²) in [5.41, 5.74) is -0.156.